The van der Waals surface area contributed by atoms with Crippen molar-refractivity contribution < 1.29 is 37.0 Å². The van der Waals surface area contributed by atoms with Crippen LogP contribution in [0.15, 0.2) is 68.1 Å². The van der Waals surface area contributed by atoms with Gasteiger partial charge in [0.25, 0.3) is 16.6 Å². The van der Waals surface area contributed by atoms with E-state index in [9.17, 15) is 9.59 Å². The van der Waals surface area contributed by atoms with Crippen LogP contribution < -0.4 is 8.85 Å². The van der Waals surface area contributed by atoms with Gasteiger partial charge >= 0.3 is 11.9 Å². The molecular formula is C48H69BrN2O8Si2. The molecule has 2 aromatic carbocycles. The van der Waals surface area contributed by atoms with Gasteiger partial charge in [0.1, 0.15) is 33.7 Å². The van der Waals surface area contributed by atoms with Gasteiger partial charge < -0.3 is 27.4 Å². The Kier molecular flexibility index (Phi) is 15.4. The van der Waals surface area contributed by atoms with Crippen LogP contribution in [0.3, 0.4) is 0 Å². The van der Waals surface area contributed by atoms with Crippen LogP contribution in [0.25, 0.3) is 22.5 Å². The van der Waals surface area contributed by atoms with E-state index in [2.05, 4.69) is 109 Å². The largest absolute Gasteiger partial charge is 0.543 e. The third-order valence-corrected chi connectivity index (χ3v) is 25.9. The van der Waals surface area contributed by atoms with E-state index >= 15 is 0 Å². The van der Waals surface area contributed by atoms with Gasteiger partial charge in [-0.15, -0.1) is 0 Å². The van der Waals surface area contributed by atoms with E-state index in [0.29, 0.717) is 63.7 Å². The Labute approximate surface area is 374 Å². The number of carbonyl (C=O) groups excluding carboxylic acids is 2. The predicted octanol–water partition coefficient (Wildman–Crippen LogP) is 13.7. The summed E-state index contributed by atoms with van der Waals surface area (Å²) in [6.45, 7) is 31.8. The van der Waals surface area contributed by atoms with Crippen molar-refractivity contribution in [1.82, 2.24) is 10.3 Å². The van der Waals surface area contributed by atoms with E-state index in [1.54, 1.807) is 0 Å². The summed E-state index contributed by atoms with van der Waals surface area (Å²) < 4.78 is 35.9. The summed E-state index contributed by atoms with van der Waals surface area (Å²) in [5, 5.41) is 8.47. The molecule has 2 aliphatic carbocycles. The lowest BCUT2D eigenvalue weighted by atomic mass is 10.0. The van der Waals surface area contributed by atoms with Crippen LogP contribution in [0.5, 0.6) is 11.5 Å². The van der Waals surface area contributed by atoms with Crippen molar-refractivity contribution in [3.05, 3.63) is 70.6 Å². The Morgan fingerprint density at radius 1 is 0.607 bits per heavy atom. The van der Waals surface area contributed by atoms with Gasteiger partial charge in [0.2, 0.25) is 0 Å². The Morgan fingerprint density at radius 3 is 1.38 bits per heavy atom. The molecule has 0 saturated heterocycles. The molecule has 0 radical (unpaired) electrons. The topological polar surface area (TPSA) is 123 Å². The summed E-state index contributed by atoms with van der Waals surface area (Å²) in [5.41, 5.74) is 5.05. The minimum absolute atomic E-state index is 0.214. The van der Waals surface area contributed by atoms with Crippen LogP contribution >= 0.6 is 15.9 Å². The average molecular weight is 938 g/mol. The molecule has 0 bridgehead atoms. The van der Waals surface area contributed by atoms with Gasteiger partial charge in [-0.1, -0.05) is 93.4 Å². The Morgan fingerprint density at radius 2 is 1.00 bits per heavy atom. The van der Waals surface area contributed by atoms with Gasteiger partial charge in [-0.2, -0.15) is 0 Å². The second kappa shape index (κ2) is 19.4. The van der Waals surface area contributed by atoms with Gasteiger partial charge in [0, 0.05) is 17.2 Å². The molecule has 0 aliphatic heterocycles. The molecule has 13 heteroatoms. The zero-order chi connectivity index (χ0) is 45.1. The SMILES string of the molecule is CCOC(=O)C1(c2cc(-c3ccc(O[Si](C(C)C)(C(C)C)C(C)C)cc3)no2)CC1.CCOC(=O)C1(c2onc(-c3ccc(O[Si](C(C)C)(C(C)C)C(C)C)cc3)c2Br)CC1. The van der Waals surface area contributed by atoms with Crippen molar-refractivity contribution in [3.63, 3.8) is 0 Å². The average Bonchev–Trinajstić information content (AvgIpc) is 4.11. The maximum absolute atomic E-state index is 12.4. The summed E-state index contributed by atoms with van der Waals surface area (Å²) in [5.74, 6) is 2.52. The monoisotopic (exact) mass is 936 g/mol. The first-order valence-electron chi connectivity index (χ1n) is 22.3. The number of esters is 2. The minimum Gasteiger partial charge on any atom is -0.543 e. The molecule has 0 spiro atoms. The second-order valence-electron chi connectivity index (χ2n) is 18.7. The van der Waals surface area contributed by atoms with E-state index in [1.807, 2.05) is 68.4 Å². The molecule has 0 N–H and O–H groups in total. The van der Waals surface area contributed by atoms with Gasteiger partial charge in [-0.3, -0.25) is 9.59 Å². The smallest absolute Gasteiger partial charge is 0.319 e. The summed E-state index contributed by atoms with van der Waals surface area (Å²) in [6, 6.07) is 18.0. The zero-order valence-electron chi connectivity index (χ0n) is 38.9. The third kappa shape index (κ3) is 9.49. The van der Waals surface area contributed by atoms with Crippen LogP contribution in [0.2, 0.25) is 33.2 Å². The van der Waals surface area contributed by atoms with E-state index in [4.69, 9.17) is 27.4 Å². The highest BCUT2D eigenvalue weighted by Crippen LogP contribution is 2.54. The number of ether oxygens (including phenoxy) is 2. The minimum atomic E-state index is -2.00. The lowest BCUT2D eigenvalue weighted by Gasteiger charge is -2.42. The van der Waals surface area contributed by atoms with Gasteiger partial charge in [0.15, 0.2) is 11.5 Å². The molecule has 0 unspecified atom stereocenters. The first kappa shape index (κ1) is 48.3. The number of nitrogens with zero attached hydrogens (tertiary/aromatic N) is 2. The molecule has 4 aromatic rings. The van der Waals surface area contributed by atoms with Gasteiger partial charge in [0.05, 0.1) is 17.7 Å². The molecule has 0 atom stereocenters. The first-order chi connectivity index (χ1) is 28.8. The van der Waals surface area contributed by atoms with Crippen molar-refractivity contribution in [2.75, 3.05) is 13.2 Å². The normalized spacial score (nSPS) is 15.6. The fourth-order valence-corrected chi connectivity index (χ4v) is 21.0. The maximum Gasteiger partial charge on any atom is 0.319 e. The highest BCUT2D eigenvalue weighted by atomic mass is 79.9. The van der Waals surface area contributed by atoms with E-state index < -0.39 is 27.5 Å². The van der Waals surface area contributed by atoms with Crippen molar-refractivity contribution in [1.29, 1.82) is 0 Å². The quantitative estimate of drug-likeness (QED) is 0.0703. The number of rotatable bonds is 18. The van der Waals surface area contributed by atoms with Crippen LogP contribution in [0.4, 0.5) is 0 Å². The maximum atomic E-state index is 12.4. The first-order valence-corrected chi connectivity index (χ1v) is 27.4. The molecule has 61 heavy (non-hydrogen) atoms. The molecular weight excluding hydrogens is 869 g/mol. The number of carbonyl (C=O) groups is 2. The molecule has 6 rings (SSSR count). The van der Waals surface area contributed by atoms with Crippen LogP contribution in [-0.2, 0) is 29.9 Å². The lowest BCUT2D eigenvalue weighted by molar-refractivity contribution is -0.147. The number of benzene rings is 2. The van der Waals surface area contributed by atoms with Crippen LogP contribution in [0, 0.1) is 0 Å². The zero-order valence-corrected chi connectivity index (χ0v) is 42.5. The Bertz CT molecular complexity index is 2040. The number of aromatic nitrogens is 2. The summed E-state index contributed by atoms with van der Waals surface area (Å²) in [6.07, 6.45) is 2.94. The Balaban J connectivity index is 0.000000231. The number of hydrogen-bond donors (Lipinski definition) is 0. The molecule has 2 saturated carbocycles. The summed E-state index contributed by atoms with van der Waals surface area (Å²) >= 11 is 3.62. The van der Waals surface area contributed by atoms with Gasteiger partial charge in [-0.25, -0.2) is 0 Å². The van der Waals surface area contributed by atoms with Crippen LogP contribution in [0.1, 0.15) is 134 Å². The van der Waals surface area contributed by atoms with Crippen molar-refractivity contribution in [2.45, 2.75) is 167 Å². The summed E-state index contributed by atoms with van der Waals surface area (Å²) in [4.78, 5) is 24.7. The van der Waals surface area contributed by atoms with Crippen molar-refractivity contribution >= 4 is 44.5 Å². The highest BCUT2D eigenvalue weighted by molar-refractivity contribution is 9.10. The molecule has 2 aromatic heterocycles. The molecule has 2 heterocycles. The van der Waals surface area contributed by atoms with Gasteiger partial charge in [-0.05, 0) is 137 Å². The summed E-state index contributed by atoms with van der Waals surface area (Å²) in [7, 11) is -3.99. The second-order valence-corrected chi connectivity index (χ2v) is 30.3. The standard InChI is InChI=1S/C24H34BrNO4Si.C24H35NO4Si/c1-8-28-23(27)24(13-14-24)22-20(25)21(26-29-22)18-9-11-19(12-10-18)30-31(15(2)3,16(4)5)17(6)7;1-8-27-23(26)24(13-14-24)22-15-21(25-28-22)19-9-11-20(12-10-19)29-30(16(2)3,17(4)5)18(6)7/h9-12,15-17H,8,13-14H2,1-7H3;9-12,15-18H,8,13-14H2,1-7H3. The van der Waals surface area contributed by atoms with Crippen LogP contribution in [-0.4, -0.2) is 52.1 Å². The van der Waals surface area contributed by atoms with E-state index in [1.165, 1.54) is 0 Å². The molecule has 2 fully saturated rings. The molecule has 0 amide bonds. The number of halogens is 1. The molecule has 2 aliphatic rings. The highest BCUT2D eigenvalue weighted by Gasteiger charge is 2.58. The van der Waals surface area contributed by atoms with E-state index in [0.717, 1.165) is 58.5 Å². The van der Waals surface area contributed by atoms with E-state index in [-0.39, 0.29) is 11.9 Å². The van der Waals surface area contributed by atoms with Crippen molar-refractivity contribution in [3.8, 4) is 34.0 Å². The third-order valence-electron chi connectivity index (χ3n) is 13.2. The lowest BCUT2D eigenvalue weighted by Crippen LogP contribution is -2.50. The molecule has 10 nitrogen and oxygen atoms in total. The predicted molar refractivity (Wildman–Crippen MR) is 250 cm³/mol. The fourth-order valence-electron chi connectivity index (χ4n) is 9.75. The molecule has 334 valence electrons. The Hall–Kier alpha value is -3.69. The van der Waals surface area contributed by atoms with Crippen molar-refractivity contribution in [2.24, 2.45) is 0 Å². The fraction of sp³-hybridized carbons (Fsp3) is 0.583. The number of hydrogen-bond acceptors (Lipinski definition) is 10.